The molecule has 0 bridgehead atoms. The molecule has 4 aromatic rings. The Hall–Kier alpha value is -4.07. The minimum atomic E-state index is -0.694. The van der Waals surface area contributed by atoms with E-state index >= 15 is 0 Å². The lowest BCUT2D eigenvalue weighted by Crippen LogP contribution is -2.09. The van der Waals surface area contributed by atoms with Gasteiger partial charge in [0.15, 0.2) is 11.6 Å². The van der Waals surface area contributed by atoms with Gasteiger partial charge in [-0.05, 0) is 41.5 Å². The number of carbonyl (C=O) groups is 1. The number of hydrogen-bond acceptors (Lipinski definition) is 4. The second-order valence-corrected chi connectivity index (χ2v) is 6.42. The van der Waals surface area contributed by atoms with Gasteiger partial charge in [0.1, 0.15) is 5.65 Å². The van der Waals surface area contributed by atoms with Gasteiger partial charge in [-0.25, -0.2) is 14.4 Å². The Kier molecular flexibility index (Phi) is 4.97. The molecule has 2 N–H and O–H groups in total. The Bertz CT molecular complexity index is 1280. The molecule has 3 heterocycles. The van der Waals surface area contributed by atoms with Crippen LogP contribution in [0.5, 0.6) is 5.75 Å². The lowest BCUT2D eigenvalue weighted by molar-refractivity contribution is -0.111. The number of nitrogens with one attached hydrogen (secondary N) is 2. The number of pyridine rings is 2. The Morgan fingerprint density at radius 2 is 2.00 bits per heavy atom. The Labute approximate surface area is 170 Å². The van der Waals surface area contributed by atoms with Crippen LogP contribution in [0.15, 0.2) is 61.6 Å². The van der Waals surface area contributed by atoms with Crippen molar-refractivity contribution < 1.29 is 18.3 Å². The second-order valence-electron chi connectivity index (χ2n) is 6.42. The average Bonchev–Trinajstić information content (AvgIpc) is 3.18. The molecule has 4 rings (SSSR count). The Morgan fingerprint density at radius 3 is 2.73 bits per heavy atom. The second kappa shape index (κ2) is 7.75. The molecule has 1 amide bonds. The van der Waals surface area contributed by atoms with Gasteiger partial charge in [0.25, 0.3) is 0 Å². The number of aromatic amines is 1. The van der Waals surface area contributed by atoms with Crippen molar-refractivity contribution in [3.8, 4) is 28.0 Å². The molecule has 30 heavy (non-hydrogen) atoms. The summed E-state index contributed by atoms with van der Waals surface area (Å²) in [7, 11) is 1.34. The van der Waals surface area contributed by atoms with E-state index in [-0.39, 0.29) is 11.4 Å². The van der Waals surface area contributed by atoms with Crippen molar-refractivity contribution in [2.24, 2.45) is 0 Å². The first kappa shape index (κ1) is 19.3. The quantitative estimate of drug-likeness (QED) is 0.372. The summed E-state index contributed by atoms with van der Waals surface area (Å²) >= 11 is 0. The van der Waals surface area contributed by atoms with Crippen LogP contribution in [0.3, 0.4) is 0 Å². The molecule has 3 aromatic heterocycles. The number of H-pyrrole nitrogens is 1. The molecule has 0 aliphatic rings. The molecule has 6 nitrogen and oxygen atoms in total. The third kappa shape index (κ3) is 3.50. The molecule has 1 aromatic carbocycles. The molecule has 8 heteroatoms. The Balaban J connectivity index is 1.85. The number of methoxy groups -OCH3 is 1. The van der Waals surface area contributed by atoms with Crippen LogP contribution in [0.4, 0.5) is 14.5 Å². The number of fused-ring (bicyclic) bond motifs is 1. The maximum absolute atomic E-state index is 14.6. The van der Waals surface area contributed by atoms with Crippen LogP contribution in [0.1, 0.15) is 0 Å². The summed E-state index contributed by atoms with van der Waals surface area (Å²) in [6.07, 6.45) is 5.78. The zero-order valence-electron chi connectivity index (χ0n) is 15.9. The first-order chi connectivity index (χ1) is 14.5. The molecular formula is C22H16F2N4O2. The third-order valence-corrected chi connectivity index (χ3v) is 4.60. The third-order valence-electron chi connectivity index (χ3n) is 4.60. The van der Waals surface area contributed by atoms with E-state index in [1.54, 1.807) is 18.5 Å². The van der Waals surface area contributed by atoms with Crippen LogP contribution >= 0.6 is 0 Å². The average molecular weight is 406 g/mol. The summed E-state index contributed by atoms with van der Waals surface area (Å²) in [6, 6.07) is 7.88. The number of halogens is 2. The minimum absolute atomic E-state index is 0.0301. The number of aromatic nitrogens is 3. The van der Waals surface area contributed by atoms with E-state index in [0.717, 1.165) is 17.0 Å². The number of anilines is 1. The Morgan fingerprint density at radius 1 is 1.17 bits per heavy atom. The van der Waals surface area contributed by atoms with Crippen molar-refractivity contribution in [2.45, 2.75) is 0 Å². The van der Waals surface area contributed by atoms with E-state index < -0.39 is 17.7 Å². The van der Waals surface area contributed by atoms with Gasteiger partial charge >= 0.3 is 0 Å². The van der Waals surface area contributed by atoms with Crippen molar-refractivity contribution in [1.82, 2.24) is 15.0 Å². The van der Waals surface area contributed by atoms with Crippen LogP contribution in [0.25, 0.3) is 33.3 Å². The standard InChI is InChI=1S/C22H16F2N4O2/c1-3-20(29)28-17-7-13(8-18(30-2)21(17)24)14-6-15-16(11-27-22(15)26-10-14)12-4-5-25-19(23)9-12/h3-11H,1H2,2H3,(H,26,27)(H,28,29). The first-order valence-corrected chi connectivity index (χ1v) is 8.90. The van der Waals surface area contributed by atoms with Crippen molar-refractivity contribution >= 4 is 22.6 Å². The highest BCUT2D eigenvalue weighted by molar-refractivity contribution is 6.00. The SMILES string of the molecule is C=CC(=O)Nc1cc(-c2cnc3[nH]cc(-c4ccnc(F)c4)c3c2)cc(OC)c1F. The van der Waals surface area contributed by atoms with E-state index in [1.165, 1.54) is 31.5 Å². The lowest BCUT2D eigenvalue weighted by atomic mass is 10.0. The number of ether oxygens (including phenoxy) is 1. The summed E-state index contributed by atoms with van der Waals surface area (Å²) < 4.78 is 33.2. The fraction of sp³-hybridized carbons (Fsp3) is 0.0455. The van der Waals surface area contributed by atoms with Crippen LogP contribution in [-0.4, -0.2) is 28.0 Å². The van der Waals surface area contributed by atoms with Crippen molar-refractivity contribution in [2.75, 3.05) is 12.4 Å². The molecular weight excluding hydrogens is 390 g/mol. The van der Waals surface area contributed by atoms with Gasteiger partial charge in [-0.15, -0.1) is 0 Å². The van der Waals surface area contributed by atoms with Crippen LogP contribution < -0.4 is 10.1 Å². The van der Waals surface area contributed by atoms with Crippen LogP contribution in [-0.2, 0) is 4.79 Å². The summed E-state index contributed by atoms with van der Waals surface area (Å²) in [5, 5.41) is 3.18. The molecule has 0 saturated heterocycles. The summed E-state index contributed by atoms with van der Waals surface area (Å²) in [5.74, 6) is -1.86. The maximum Gasteiger partial charge on any atom is 0.247 e. The largest absolute Gasteiger partial charge is 0.494 e. The number of benzene rings is 1. The van der Waals surface area contributed by atoms with Gasteiger partial charge in [0.2, 0.25) is 11.9 Å². The van der Waals surface area contributed by atoms with Gasteiger partial charge in [-0.2, -0.15) is 4.39 Å². The van der Waals surface area contributed by atoms with E-state index in [9.17, 15) is 13.6 Å². The van der Waals surface area contributed by atoms with Gasteiger partial charge in [-0.3, -0.25) is 4.79 Å². The highest BCUT2D eigenvalue weighted by atomic mass is 19.1. The van der Waals surface area contributed by atoms with Gasteiger partial charge in [-0.1, -0.05) is 6.58 Å². The summed E-state index contributed by atoms with van der Waals surface area (Å²) in [5.41, 5.74) is 3.19. The van der Waals surface area contributed by atoms with E-state index in [4.69, 9.17) is 4.74 Å². The molecule has 0 aliphatic heterocycles. The lowest BCUT2D eigenvalue weighted by Gasteiger charge is -2.12. The number of carbonyl (C=O) groups excluding carboxylic acids is 1. The topological polar surface area (TPSA) is 79.9 Å². The highest BCUT2D eigenvalue weighted by Gasteiger charge is 2.16. The number of hydrogen-bond donors (Lipinski definition) is 2. The molecule has 0 atom stereocenters. The molecule has 0 fully saturated rings. The predicted molar refractivity (Wildman–Crippen MR) is 110 cm³/mol. The van der Waals surface area contributed by atoms with Gasteiger partial charge in [0, 0.05) is 41.2 Å². The van der Waals surface area contributed by atoms with E-state index in [2.05, 4.69) is 26.8 Å². The van der Waals surface area contributed by atoms with Crippen LogP contribution in [0.2, 0.25) is 0 Å². The number of rotatable bonds is 5. The fourth-order valence-corrected chi connectivity index (χ4v) is 3.16. The zero-order chi connectivity index (χ0) is 21.3. The predicted octanol–water partition coefficient (Wildman–Crippen LogP) is 4.70. The number of nitrogens with zero attached hydrogens (tertiary/aromatic N) is 2. The summed E-state index contributed by atoms with van der Waals surface area (Å²) in [6.45, 7) is 3.37. The van der Waals surface area contributed by atoms with Crippen molar-refractivity contribution in [3.63, 3.8) is 0 Å². The van der Waals surface area contributed by atoms with Gasteiger partial charge < -0.3 is 15.0 Å². The smallest absolute Gasteiger partial charge is 0.247 e. The van der Waals surface area contributed by atoms with Gasteiger partial charge in [0.05, 0.1) is 12.8 Å². The first-order valence-electron chi connectivity index (χ1n) is 8.90. The normalized spacial score (nSPS) is 10.8. The monoisotopic (exact) mass is 406 g/mol. The molecule has 150 valence electrons. The van der Waals surface area contributed by atoms with E-state index in [1.807, 2.05) is 6.07 Å². The molecule has 0 radical (unpaired) electrons. The fourth-order valence-electron chi connectivity index (χ4n) is 3.16. The molecule has 0 spiro atoms. The number of amides is 1. The zero-order valence-corrected chi connectivity index (χ0v) is 15.9. The molecule has 0 aliphatic carbocycles. The molecule has 0 saturated carbocycles. The maximum atomic E-state index is 14.6. The van der Waals surface area contributed by atoms with Crippen molar-refractivity contribution in [3.05, 3.63) is 73.3 Å². The molecule has 0 unspecified atom stereocenters. The van der Waals surface area contributed by atoms with Crippen molar-refractivity contribution in [1.29, 1.82) is 0 Å². The summed E-state index contributed by atoms with van der Waals surface area (Å²) in [4.78, 5) is 22.7. The van der Waals surface area contributed by atoms with E-state index in [0.29, 0.717) is 22.3 Å². The van der Waals surface area contributed by atoms with Crippen LogP contribution in [0, 0.1) is 11.8 Å². The minimum Gasteiger partial charge on any atom is -0.494 e. The highest BCUT2D eigenvalue weighted by Crippen LogP contribution is 2.35.